The second-order valence-corrected chi connectivity index (χ2v) is 2.79. The van der Waals surface area contributed by atoms with Crippen molar-refractivity contribution >= 4 is 11.8 Å². The molecule has 2 amide bonds. The predicted octanol–water partition coefficient (Wildman–Crippen LogP) is -1.54. The molecule has 0 spiro atoms. The summed E-state index contributed by atoms with van der Waals surface area (Å²) < 4.78 is 0. The number of likely N-dealkylation sites (tertiary alicyclic amines) is 1. The number of nitrogens with zero attached hydrogens (tertiary/aromatic N) is 1. The van der Waals surface area contributed by atoms with Crippen LogP contribution in [0, 0.1) is 0 Å². The lowest BCUT2D eigenvalue weighted by atomic mass is 10.3. The van der Waals surface area contributed by atoms with Crippen LogP contribution in [-0.2, 0) is 9.59 Å². The van der Waals surface area contributed by atoms with Gasteiger partial charge in [0, 0.05) is 19.4 Å². The van der Waals surface area contributed by atoms with Gasteiger partial charge in [0.2, 0.25) is 11.8 Å². The van der Waals surface area contributed by atoms with Crippen LogP contribution < -0.4 is 5.73 Å². The van der Waals surface area contributed by atoms with E-state index in [2.05, 4.69) is 0 Å². The Morgan fingerprint density at radius 1 is 1.42 bits per heavy atom. The molecule has 0 aromatic heterocycles. The number of amides is 2. The molecule has 1 fully saturated rings. The minimum Gasteiger partial charge on any atom is -0.390 e. The van der Waals surface area contributed by atoms with Crippen molar-refractivity contribution in [1.82, 2.24) is 4.90 Å². The molecule has 12 heavy (non-hydrogen) atoms. The summed E-state index contributed by atoms with van der Waals surface area (Å²) in [6.45, 7) is 0.102. The maximum Gasteiger partial charge on any atom is 0.229 e. The Morgan fingerprint density at radius 3 is 2.33 bits per heavy atom. The van der Waals surface area contributed by atoms with Gasteiger partial charge in [0.15, 0.2) is 0 Å². The van der Waals surface area contributed by atoms with Gasteiger partial charge < -0.3 is 10.8 Å². The number of aliphatic hydroxyl groups excluding tert-OH is 1. The summed E-state index contributed by atoms with van der Waals surface area (Å²) in [6.07, 6.45) is -0.275. The van der Waals surface area contributed by atoms with E-state index in [9.17, 15) is 9.59 Å². The molecule has 5 nitrogen and oxygen atoms in total. The maximum atomic E-state index is 11.0. The van der Waals surface area contributed by atoms with Gasteiger partial charge in [0.05, 0.1) is 12.6 Å². The van der Waals surface area contributed by atoms with Crippen LogP contribution in [0.25, 0.3) is 0 Å². The maximum absolute atomic E-state index is 11.0. The first kappa shape index (κ1) is 9.15. The third-order valence-corrected chi connectivity index (χ3v) is 1.82. The Kier molecular flexibility index (Phi) is 2.78. The summed E-state index contributed by atoms with van der Waals surface area (Å²) >= 11 is 0. The summed E-state index contributed by atoms with van der Waals surface area (Å²) in [7, 11) is 0. The minimum atomic E-state index is -0.795. The van der Waals surface area contributed by atoms with E-state index in [-0.39, 0.29) is 37.7 Å². The molecule has 1 saturated heterocycles. The van der Waals surface area contributed by atoms with E-state index >= 15 is 0 Å². The summed E-state index contributed by atoms with van der Waals surface area (Å²) in [5.74, 6) is -0.431. The van der Waals surface area contributed by atoms with E-state index in [1.54, 1.807) is 0 Å². The van der Waals surface area contributed by atoms with E-state index in [0.717, 1.165) is 4.90 Å². The summed E-state index contributed by atoms with van der Waals surface area (Å²) in [5, 5.41) is 9.08. The lowest BCUT2D eigenvalue weighted by Gasteiger charge is -2.16. The van der Waals surface area contributed by atoms with Crippen LogP contribution in [-0.4, -0.2) is 41.0 Å². The quantitative estimate of drug-likeness (QED) is 0.505. The van der Waals surface area contributed by atoms with E-state index in [0.29, 0.717) is 0 Å². The van der Waals surface area contributed by atoms with Crippen LogP contribution in [0.15, 0.2) is 0 Å². The Hall–Kier alpha value is -0.940. The number of aliphatic hydroxyl groups is 1. The number of imide groups is 1. The van der Waals surface area contributed by atoms with Crippen LogP contribution in [0.1, 0.15) is 12.8 Å². The van der Waals surface area contributed by atoms with Crippen molar-refractivity contribution in [1.29, 1.82) is 0 Å². The van der Waals surface area contributed by atoms with Crippen molar-refractivity contribution in [2.75, 3.05) is 13.1 Å². The number of rotatable bonds is 3. The number of β-amino-alcohol motifs (C(OH)–C–C–N with tert-alkyl or cyclic N) is 1. The first-order valence-electron chi connectivity index (χ1n) is 3.86. The zero-order chi connectivity index (χ0) is 9.14. The normalized spacial score (nSPS) is 20.3. The highest BCUT2D eigenvalue weighted by molar-refractivity contribution is 6.01. The van der Waals surface area contributed by atoms with E-state index in [1.165, 1.54) is 0 Å². The highest BCUT2D eigenvalue weighted by atomic mass is 16.3. The van der Waals surface area contributed by atoms with Crippen molar-refractivity contribution < 1.29 is 14.7 Å². The molecule has 1 atom stereocenters. The number of hydrogen-bond donors (Lipinski definition) is 2. The Balaban J connectivity index is 2.50. The second kappa shape index (κ2) is 3.64. The molecule has 0 saturated carbocycles. The van der Waals surface area contributed by atoms with E-state index < -0.39 is 6.10 Å². The predicted molar refractivity (Wildman–Crippen MR) is 41.0 cm³/mol. The topological polar surface area (TPSA) is 83.6 Å². The molecule has 0 aliphatic carbocycles. The van der Waals surface area contributed by atoms with Crippen molar-refractivity contribution in [3.63, 3.8) is 0 Å². The molecule has 1 heterocycles. The van der Waals surface area contributed by atoms with Gasteiger partial charge >= 0.3 is 0 Å². The lowest BCUT2D eigenvalue weighted by Crippen LogP contribution is -2.39. The molecule has 1 aliphatic heterocycles. The van der Waals surface area contributed by atoms with Crippen LogP contribution >= 0.6 is 0 Å². The average molecular weight is 172 g/mol. The Labute approximate surface area is 70.1 Å². The second-order valence-electron chi connectivity index (χ2n) is 2.79. The standard InChI is InChI=1S/C7H12N2O3/c8-3-5(10)4-9-6(11)1-2-7(9)12/h5,10H,1-4,8H2. The minimum absolute atomic E-state index is 0.0359. The number of hydrogen-bond acceptors (Lipinski definition) is 4. The highest BCUT2D eigenvalue weighted by Crippen LogP contribution is 2.11. The smallest absolute Gasteiger partial charge is 0.229 e. The summed E-state index contributed by atoms with van der Waals surface area (Å²) in [5.41, 5.74) is 5.14. The zero-order valence-electron chi connectivity index (χ0n) is 6.69. The molecule has 0 radical (unpaired) electrons. The molecule has 1 aliphatic rings. The van der Waals surface area contributed by atoms with Gasteiger partial charge in [-0.05, 0) is 0 Å². The fourth-order valence-electron chi connectivity index (χ4n) is 1.11. The van der Waals surface area contributed by atoms with E-state index in [1.807, 2.05) is 0 Å². The molecular weight excluding hydrogens is 160 g/mol. The Bertz CT molecular complexity index is 189. The number of carbonyl (C=O) groups is 2. The number of carbonyl (C=O) groups excluding carboxylic acids is 2. The molecular formula is C7H12N2O3. The average Bonchev–Trinajstić information content (AvgIpc) is 2.35. The third-order valence-electron chi connectivity index (χ3n) is 1.82. The summed E-state index contributed by atoms with van der Waals surface area (Å²) in [4.78, 5) is 23.0. The molecule has 68 valence electrons. The van der Waals surface area contributed by atoms with Gasteiger partial charge in [0.1, 0.15) is 0 Å². The fourth-order valence-corrected chi connectivity index (χ4v) is 1.11. The van der Waals surface area contributed by atoms with Gasteiger partial charge in [0.25, 0.3) is 0 Å². The van der Waals surface area contributed by atoms with Crippen molar-refractivity contribution in [3.8, 4) is 0 Å². The van der Waals surface area contributed by atoms with E-state index in [4.69, 9.17) is 10.8 Å². The third kappa shape index (κ3) is 1.80. The van der Waals surface area contributed by atoms with Crippen LogP contribution in [0.4, 0.5) is 0 Å². The Morgan fingerprint density at radius 2 is 1.92 bits per heavy atom. The highest BCUT2D eigenvalue weighted by Gasteiger charge is 2.29. The lowest BCUT2D eigenvalue weighted by molar-refractivity contribution is -0.139. The van der Waals surface area contributed by atoms with Gasteiger partial charge in [-0.15, -0.1) is 0 Å². The molecule has 1 unspecified atom stereocenters. The largest absolute Gasteiger partial charge is 0.390 e. The SMILES string of the molecule is NCC(O)CN1C(=O)CCC1=O. The van der Waals surface area contributed by atoms with Gasteiger partial charge in [-0.2, -0.15) is 0 Å². The van der Waals surface area contributed by atoms with Crippen LogP contribution in [0.5, 0.6) is 0 Å². The fraction of sp³-hybridized carbons (Fsp3) is 0.714. The molecule has 3 N–H and O–H groups in total. The van der Waals surface area contributed by atoms with Gasteiger partial charge in [-0.3, -0.25) is 14.5 Å². The van der Waals surface area contributed by atoms with Crippen LogP contribution in [0.2, 0.25) is 0 Å². The van der Waals surface area contributed by atoms with Gasteiger partial charge in [-0.1, -0.05) is 0 Å². The summed E-state index contributed by atoms with van der Waals surface area (Å²) in [6, 6.07) is 0. The van der Waals surface area contributed by atoms with Crippen molar-refractivity contribution in [3.05, 3.63) is 0 Å². The molecule has 1 rings (SSSR count). The molecule has 0 aromatic rings. The van der Waals surface area contributed by atoms with Crippen molar-refractivity contribution in [2.45, 2.75) is 18.9 Å². The molecule has 0 aromatic carbocycles. The van der Waals surface area contributed by atoms with Crippen molar-refractivity contribution in [2.24, 2.45) is 5.73 Å². The first-order chi connectivity index (χ1) is 5.65. The van der Waals surface area contributed by atoms with Gasteiger partial charge in [-0.25, -0.2) is 0 Å². The molecule has 5 heteroatoms. The number of nitrogens with two attached hydrogens (primary N) is 1. The van der Waals surface area contributed by atoms with Crippen LogP contribution in [0.3, 0.4) is 0 Å². The molecule has 0 bridgehead atoms. The first-order valence-corrected chi connectivity index (χ1v) is 3.86. The monoisotopic (exact) mass is 172 g/mol. The zero-order valence-corrected chi connectivity index (χ0v) is 6.69.